The highest BCUT2D eigenvalue weighted by molar-refractivity contribution is 9.10. The van der Waals surface area contributed by atoms with E-state index in [4.69, 9.17) is 0 Å². The maximum Gasteiger partial charge on any atom is 0.337 e. The Hall–Kier alpha value is -1.81. The maximum atomic E-state index is 11.5. The Labute approximate surface area is 127 Å². The predicted octanol–water partition coefficient (Wildman–Crippen LogP) is 4.61. The van der Waals surface area contributed by atoms with Gasteiger partial charge in [0.15, 0.2) is 0 Å². The van der Waals surface area contributed by atoms with Crippen molar-refractivity contribution in [2.45, 2.75) is 13.8 Å². The Morgan fingerprint density at radius 1 is 1.20 bits per heavy atom. The molecule has 0 bridgehead atoms. The smallest absolute Gasteiger partial charge is 0.337 e. The molecule has 1 N–H and O–H groups in total. The molecule has 104 valence electrons. The minimum atomic E-state index is -0.923. The van der Waals surface area contributed by atoms with Gasteiger partial charge in [0, 0.05) is 16.7 Å². The Morgan fingerprint density at radius 3 is 2.50 bits per heavy atom. The fourth-order valence-electron chi connectivity index (χ4n) is 2.25. The third kappa shape index (κ3) is 2.85. The van der Waals surface area contributed by atoms with Crippen molar-refractivity contribution >= 4 is 33.3 Å². The molecule has 0 spiro atoms. The summed E-state index contributed by atoms with van der Waals surface area (Å²) in [5.74, 6) is -0.923. The van der Waals surface area contributed by atoms with Crippen molar-refractivity contribution in [3.8, 4) is 0 Å². The molecule has 0 aliphatic heterocycles. The summed E-state index contributed by atoms with van der Waals surface area (Å²) in [5.41, 5.74) is 3.15. The van der Waals surface area contributed by atoms with Crippen molar-refractivity contribution in [3.63, 3.8) is 0 Å². The van der Waals surface area contributed by atoms with Gasteiger partial charge in [-0.2, -0.15) is 0 Å². The summed E-state index contributed by atoms with van der Waals surface area (Å²) in [5, 5.41) is 9.40. The van der Waals surface area contributed by atoms with Gasteiger partial charge in [0.1, 0.15) is 0 Å². The van der Waals surface area contributed by atoms with Crippen LogP contribution in [0.25, 0.3) is 0 Å². The summed E-state index contributed by atoms with van der Waals surface area (Å²) in [6, 6.07) is 13.3. The topological polar surface area (TPSA) is 40.5 Å². The highest BCUT2D eigenvalue weighted by atomic mass is 79.9. The molecule has 0 aliphatic rings. The second-order valence-electron chi connectivity index (χ2n) is 4.50. The first-order chi connectivity index (χ1) is 9.54. The number of carbonyl (C=O) groups is 1. The van der Waals surface area contributed by atoms with Crippen molar-refractivity contribution in [2.24, 2.45) is 0 Å². The van der Waals surface area contributed by atoms with E-state index in [9.17, 15) is 9.90 Å². The maximum absolute atomic E-state index is 11.5. The molecule has 0 heterocycles. The fraction of sp³-hybridized carbons (Fsp3) is 0.188. The van der Waals surface area contributed by atoms with Crippen LogP contribution < -0.4 is 4.90 Å². The summed E-state index contributed by atoms with van der Waals surface area (Å²) >= 11 is 3.32. The summed E-state index contributed by atoms with van der Waals surface area (Å²) in [6.07, 6.45) is 0. The van der Waals surface area contributed by atoms with Crippen LogP contribution in [0, 0.1) is 6.92 Å². The van der Waals surface area contributed by atoms with E-state index in [2.05, 4.69) is 15.9 Å². The number of rotatable bonds is 4. The van der Waals surface area contributed by atoms with Crippen molar-refractivity contribution in [3.05, 3.63) is 58.1 Å². The lowest BCUT2D eigenvalue weighted by atomic mass is 10.1. The quantitative estimate of drug-likeness (QED) is 0.887. The molecular weight excluding hydrogens is 318 g/mol. The van der Waals surface area contributed by atoms with Gasteiger partial charge in [-0.1, -0.05) is 34.1 Å². The third-order valence-corrected chi connectivity index (χ3v) is 3.70. The number of nitrogens with zero attached hydrogens (tertiary/aromatic N) is 1. The Kier molecular flexibility index (Phi) is 4.45. The van der Waals surface area contributed by atoms with Gasteiger partial charge in [0.2, 0.25) is 0 Å². The fourth-order valence-corrected chi connectivity index (χ4v) is 2.61. The zero-order valence-electron chi connectivity index (χ0n) is 11.4. The molecule has 0 saturated heterocycles. The van der Waals surface area contributed by atoms with Crippen LogP contribution in [-0.4, -0.2) is 17.6 Å². The van der Waals surface area contributed by atoms with Gasteiger partial charge in [-0.05, 0) is 43.7 Å². The molecule has 0 fully saturated rings. The number of aryl methyl sites for hydroxylation is 1. The van der Waals surface area contributed by atoms with E-state index < -0.39 is 5.97 Å². The highest BCUT2D eigenvalue weighted by Gasteiger charge is 2.17. The number of hydrogen-bond acceptors (Lipinski definition) is 2. The molecule has 2 aromatic carbocycles. The molecule has 0 atom stereocenters. The molecular formula is C16H16BrNO2. The Bertz CT molecular complexity index is 640. The van der Waals surface area contributed by atoms with E-state index >= 15 is 0 Å². The minimum Gasteiger partial charge on any atom is -0.478 e. The Morgan fingerprint density at radius 2 is 1.90 bits per heavy atom. The van der Waals surface area contributed by atoms with Crippen LogP contribution in [0.3, 0.4) is 0 Å². The van der Waals surface area contributed by atoms with Gasteiger partial charge in [-0.15, -0.1) is 0 Å². The van der Waals surface area contributed by atoms with Gasteiger partial charge in [0.25, 0.3) is 0 Å². The highest BCUT2D eigenvalue weighted by Crippen LogP contribution is 2.32. The van der Waals surface area contributed by atoms with Gasteiger partial charge >= 0.3 is 5.97 Å². The van der Waals surface area contributed by atoms with Crippen LogP contribution in [-0.2, 0) is 0 Å². The number of anilines is 2. The number of hydrogen-bond donors (Lipinski definition) is 1. The number of carboxylic acids is 1. The normalized spacial score (nSPS) is 10.3. The van der Waals surface area contributed by atoms with Crippen LogP contribution in [0.2, 0.25) is 0 Å². The monoisotopic (exact) mass is 333 g/mol. The van der Waals surface area contributed by atoms with E-state index in [0.29, 0.717) is 17.8 Å². The van der Waals surface area contributed by atoms with Crippen LogP contribution >= 0.6 is 15.9 Å². The molecule has 0 amide bonds. The number of benzene rings is 2. The summed E-state index contributed by atoms with van der Waals surface area (Å²) in [4.78, 5) is 13.5. The van der Waals surface area contributed by atoms with E-state index in [1.807, 2.05) is 55.1 Å². The van der Waals surface area contributed by atoms with Crippen LogP contribution in [0.15, 0.2) is 46.9 Å². The molecule has 20 heavy (non-hydrogen) atoms. The van der Waals surface area contributed by atoms with Crippen LogP contribution in [0.4, 0.5) is 11.4 Å². The van der Waals surface area contributed by atoms with E-state index in [-0.39, 0.29) is 0 Å². The van der Waals surface area contributed by atoms with Crippen molar-refractivity contribution in [2.75, 3.05) is 11.4 Å². The van der Waals surface area contributed by atoms with E-state index in [1.165, 1.54) is 0 Å². The van der Waals surface area contributed by atoms with Crippen molar-refractivity contribution in [1.82, 2.24) is 0 Å². The molecule has 0 saturated carbocycles. The number of aromatic carboxylic acids is 1. The van der Waals surface area contributed by atoms with Gasteiger partial charge in [-0.3, -0.25) is 0 Å². The lowest BCUT2D eigenvalue weighted by Crippen LogP contribution is -2.20. The number of para-hydroxylation sites is 1. The molecule has 2 rings (SSSR count). The first-order valence-electron chi connectivity index (χ1n) is 6.40. The summed E-state index contributed by atoms with van der Waals surface area (Å²) in [6.45, 7) is 4.74. The standard InChI is InChI=1S/C16H16BrNO2/c1-3-18(14-7-5-4-6-11(14)2)15-9-8-12(17)10-13(15)16(19)20/h4-10H,3H2,1-2H3,(H,19,20). The van der Waals surface area contributed by atoms with Crippen molar-refractivity contribution in [1.29, 1.82) is 0 Å². The van der Waals surface area contributed by atoms with Crippen LogP contribution in [0.1, 0.15) is 22.8 Å². The third-order valence-electron chi connectivity index (χ3n) is 3.20. The molecule has 0 aromatic heterocycles. The Balaban J connectivity index is 2.58. The minimum absolute atomic E-state index is 0.296. The second-order valence-corrected chi connectivity index (χ2v) is 5.41. The van der Waals surface area contributed by atoms with Crippen molar-refractivity contribution < 1.29 is 9.90 Å². The van der Waals surface area contributed by atoms with E-state index in [0.717, 1.165) is 15.7 Å². The molecule has 3 nitrogen and oxygen atoms in total. The molecule has 4 heteroatoms. The average molecular weight is 334 g/mol. The lowest BCUT2D eigenvalue weighted by molar-refractivity contribution is 0.0697. The second kappa shape index (κ2) is 6.09. The number of halogens is 1. The zero-order chi connectivity index (χ0) is 14.7. The predicted molar refractivity (Wildman–Crippen MR) is 85.0 cm³/mol. The zero-order valence-corrected chi connectivity index (χ0v) is 13.0. The molecule has 0 radical (unpaired) electrons. The number of carboxylic acid groups (broad SMARTS) is 1. The van der Waals surface area contributed by atoms with Gasteiger partial charge in [0.05, 0.1) is 11.3 Å². The largest absolute Gasteiger partial charge is 0.478 e. The first-order valence-corrected chi connectivity index (χ1v) is 7.20. The summed E-state index contributed by atoms with van der Waals surface area (Å²) < 4.78 is 0.763. The summed E-state index contributed by atoms with van der Waals surface area (Å²) in [7, 11) is 0. The van der Waals surface area contributed by atoms with E-state index in [1.54, 1.807) is 6.07 Å². The average Bonchev–Trinajstić information content (AvgIpc) is 2.42. The lowest BCUT2D eigenvalue weighted by Gasteiger charge is -2.26. The SMILES string of the molecule is CCN(c1ccccc1C)c1ccc(Br)cc1C(=O)O. The first kappa shape index (κ1) is 14.6. The van der Waals surface area contributed by atoms with Gasteiger partial charge < -0.3 is 10.0 Å². The molecule has 2 aromatic rings. The molecule has 0 unspecified atom stereocenters. The van der Waals surface area contributed by atoms with Crippen LogP contribution in [0.5, 0.6) is 0 Å². The molecule has 0 aliphatic carbocycles. The van der Waals surface area contributed by atoms with Gasteiger partial charge in [-0.25, -0.2) is 4.79 Å².